The Morgan fingerprint density at radius 2 is 1.05 bits per heavy atom. The largest absolute Gasteiger partial charge is 0.394 e. The summed E-state index contributed by atoms with van der Waals surface area (Å²) in [5, 5.41) is 0. The smallest absolute Gasteiger partial charge is 0.337 e. The maximum Gasteiger partial charge on any atom is 0.337 e. The average Bonchev–Trinajstić information content (AvgIpc) is 2.53. The van der Waals surface area contributed by atoms with Gasteiger partial charge in [0.05, 0.1) is 0 Å². The first-order valence-electron chi connectivity index (χ1n) is 9.63. The minimum absolute atomic E-state index is 0.799. The molecule has 0 amide bonds. The molecular formula is C18H40O2SSi. The highest BCUT2D eigenvalue weighted by molar-refractivity contribution is 7.80. The van der Waals surface area contributed by atoms with Gasteiger partial charge in [-0.05, 0) is 38.1 Å². The van der Waals surface area contributed by atoms with E-state index >= 15 is 0 Å². The average molecular weight is 349 g/mol. The Kier molecular flexibility index (Phi) is 16.7. The number of unbranched alkanes of at least 4 members (excludes halogenated alkanes) is 9. The highest BCUT2D eigenvalue weighted by atomic mass is 32.1. The van der Waals surface area contributed by atoms with Crippen LogP contribution >= 0.6 is 12.6 Å². The fourth-order valence-electron chi connectivity index (χ4n) is 3.01. The van der Waals surface area contributed by atoms with E-state index in [1.807, 2.05) is 0 Å². The molecule has 0 heterocycles. The van der Waals surface area contributed by atoms with Gasteiger partial charge in [0.15, 0.2) is 0 Å². The fraction of sp³-hybridized carbons (Fsp3) is 1.00. The van der Waals surface area contributed by atoms with Gasteiger partial charge in [0.25, 0.3) is 0 Å². The molecule has 0 aromatic carbocycles. The summed E-state index contributed by atoms with van der Waals surface area (Å²) in [6.07, 6.45) is 13.7. The zero-order valence-electron chi connectivity index (χ0n) is 15.4. The molecule has 0 fully saturated rings. The van der Waals surface area contributed by atoms with Crippen LogP contribution in [0, 0.1) is 0 Å². The van der Waals surface area contributed by atoms with Crippen molar-refractivity contribution >= 4 is 21.2 Å². The van der Waals surface area contributed by atoms with Crippen LogP contribution in [0.15, 0.2) is 0 Å². The van der Waals surface area contributed by atoms with Crippen molar-refractivity contribution in [1.82, 2.24) is 0 Å². The van der Waals surface area contributed by atoms with E-state index in [2.05, 4.69) is 33.4 Å². The Labute approximate surface area is 146 Å². The molecule has 2 nitrogen and oxygen atoms in total. The summed E-state index contributed by atoms with van der Waals surface area (Å²) in [7, 11) is -1.87. The van der Waals surface area contributed by atoms with Gasteiger partial charge in [0.2, 0.25) is 0 Å². The molecule has 0 aliphatic heterocycles. The molecular weight excluding hydrogens is 308 g/mol. The maximum absolute atomic E-state index is 6.02. The van der Waals surface area contributed by atoms with Crippen molar-refractivity contribution in [2.24, 2.45) is 0 Å². The van der Waals surface area contributed by atoms with E-state index in [-0.39, 0.29) is 0 Å². The Balaban J connectivity index is 3.53. The summed E-state index contributed by atoms with van der Waals surface area (Å²) in [5.41, 5.74) is 0. The molecule has 0 N–H and O–H groups in total. The van der Waals surface area contributed by atoms with E-state index in [0.717, 1.165) is 25.0 Å². The van der Waals surface area contributed by atoms with Gasteiger partial charge < -0.3 is 8.85 Å². The van der Waals surface area contributed by atoms with E-state index in [9.17, 15) is 0 Å². The predicted octanol–water partition coefficient (Wildman–Crippen LogP) is 6.35. The summed E-state index contributed by atoms with van der Waals surface area (Å²) in [6.45, 7) is 8.01. The van der Waals surface area contributed by atoms with Gasteiger partial charge in [0, 0.05) is 13.2 Å². The lowest BCUT2D eigenvalue weighted by molar-refractivity contribution is 0.182. The third-order valence-electron chi connectivity index (χ3n) is 4.32. The Morgan fingerprint density at radius 1 is 0.636 bits per heavy atom. The minimum atomic E-state index is -1.87. The van der Waals surface area contributed by atoms with Crippen LogP contribution in [0.25, 0.3) is 0 Å². The SMILES string of the molecule is CCO[Si](CC)(CCCCCCCCCCCCS)OCC. The second-order valence-electron chi connectivity index (χ2n) is 6.14. The van der Waals surface area contributed by atoms with E-state index in [1.165, 1.54) is 70.3 Å². The highest BCUT2D eigenvalue weighted by Crippen LogP contribution is 2.23. The third kappa shape index (κ3) is 12.0. The number of hydrogen-bond acceptors (Lipinski definition) is 3. The zero-order chi connectivity index (χ0) is 16.5. The molecule has 0 aromatic rings. The topological polar surface area (TPSA) is 18.5 Å². The van der Waals surface area contributed by atoms with Crippen LogP contribution in [0.5, 0.6) is 0 Å². The van der Waals surface area contributed by atoms with Gasteiger partial charge in [-0.25, -0.2) is 0 Å². The van der Waals surface area contributed by atoms with Crippen LogP contribution in [-0.4, -0.2) is 27.5 Å². The van der Waals surface area contributed by atoms with Gasteiger partial charge in [-0.3, -0.25) is 0 Å². The van der Waals surface area contributed by atoms with Crippen molar-refractivity contribution in [3.05, 3.63) is 0 Å². The lowest BCUT2D eigenvalue weighted by atomic mass is 10.1. The lowest BCUT2D eigenvalue weighted by Crippen LogP contribution is -2.41. The van der Waals surface area contributed by atoms with Crippen LogP contribution in [0.2, 0.25) is 12.1 Å². The summed E-state index contributed by atoms with van der Waals surface area (Å²) < 4.78 is 12.0. The van der Waals surface area contributed by atoms with Crippen LogP contribution in [0.1, 0.15) is 85.0 Å². The summed E-state index contributed by atoms with van der Waals surface area (Å²) in [6, 6.07) is 2.26. The molecule has 0 aliphatic rings. The van der Waals surface area contributed by atoms with Crippen LogP contribution in [0.4, 0.5) is 0 Å². The Bertz CT molecular complexity index is 221. The monoisotopic (exact) mass is 348 g/mol. The standard InChI is InChI=1S/C18H40O2SSi/c1-4-19-22(6-3,20-5-2)18-16-14-12-10-8-7-9-11-13-15-17-21/h21H,4-18H2,1-3H3. The zero-order valence-corrected chi connectivity index (χ0v) is 17.3. The molecule has 0 spiro atoms. The highest BCUT2D eigenvalue weighted by Gasteiger charge is 2.33. The van der Waals surface area contributed by atoms with Crippen molar-refractivity contribution in [3.8, 4) is 0 Å². The van der Waals surface area contributed by atoms with E-state index in [0.29, 0.717) is 0 Å². The van der Waals surface area contributed by atoms with Crippen LogP contribution in [-0.2, 0) is 8.85 Å². The van der Waals surface area contributed by atoms with Crippen LogP contribution in [0.3, 0.4) is 0 Å². The minimum Gasteiger partial charge on any atom is -0.394 e. The van der Waals surface area contributed by atoms with Gasteiger partial charge in [-0.15, -0.1) is 0 Å². The van der Waals surface area contributed by atoms with Gasteiger partial charge in [-0.1, -0.05) is 64.7 Å². The van der Waals surface area contributed by atoms with Crippen LogP contribution < -0.4 is 0 Å². The molecule has 0 bridgehead atoms. The molecule has 0 unspecified atom stereocenters. The second-order valence-corrected chi connectivity index (χ2v) is 10.2. The molecule has 0 rings (SSSR count). The molecule has 0 saturated carbocycles. The molecule has 134 valence electrons. The Morgan fingerprint density at radius 3 is 1.41 bits per heavy atom. The van der Waals surface area contributed by atoms with E-state index < -0.39 is 8.56 Å². The second kappa shape index (κ2) is 16.3. The van der Waals surface area contributed by atoms with Gasteiger partial charge >= 0.3 is 8.56 Å². The first-order valence-corrected chi connectivity index (χ1v) is 12.5. The normalized spacial score (nSPS) is 12.0. The van der Waals surface area contributed by atoms with E-state index in [4.69, 9.17) is 8.85 Å². The van der Waals surface area contributed by atoms with Crippen molar-refractivity contribution in [1.29, 1.82) is 0 Å². The molecule has 22 heavy (non-hydrogen) atoms. The number of hydrogen-bond donors (Lipinski definition) is 1. The fourth-order valence-corrected chi connectivity index (χ4v) is 6.21. The first-order chi connectivity index (χ1) is 10.7. The Hall–Kier alpha value is 0.487. The predicted molar refractivity (Wildman–Crippen MR) is 104 cm³/mol. The van der Waals surface area contributed by atoms with Crippen molar-refractivity contribution in [2.75, 3.05) is 19.0 Å². The number of thiol groups is 1. The molecule has 0 saturated heterocycles. The number of rotatable bonds is 17. The summed E-state index contributed by atoms with van der Waals surface area (Å²) in [5.74, 6) is 1.05. The van der Waals surface area contributed by atoms with Gasteiger partial charge in [0.1, 0.15) is 0 Å². The summed E-state index contributed by atoms with van der Waals surface area (Å²) in [4.78, 5) is 0. The molecule has 0 aromatic heterocycles. The molecule has 0 aliphatic carbocycles. The van der Waals surface area contributed by atoms with Crippen molar-refractivity contribution in [3.63, 3.8) is 0 Å². The quantitative estimate of drug-likeness (QED) is 0.187. The summed E-state index contributed by atoms with van der Waals surface area (Å²) >= 11 is 4.25. The lowest BCUT2D eigenvalue weighted by Gasteiger charge is -2.28. The molecule has 0 atom stereocenters. The first kappa shape index (κ1) is 22.5. The molecule has 0 radical (unpaired) electrons. The van der Waals surface area contributed by atoms with Crippen molar-refractivity contribution < 1.29 is 8.85 Å². The molecule has 4 heteroatoms. The third-order valence-corrected chi connectivity index (χ3v) is 8.46. The van der Waals surface area contributed by atoms with Crippen molar-refractivity contribution in [2.45, 2.75) is 97.1 Å². The van der Waals surface area contributed by atoms with E-state index in [1.54, 1.807) is 0 Å². The maximum atomic E-state index is 6.02. The van der Waals surface area contributed by atoms with Gasteiger partial charge in [-0.2, -0.15) is 12.6 Å².